The fourth-order valence-corrected chi connectivity index (χ4v) is 3.41. The van der Waals surface area contributed by atoms with Crippen LogP contribution in [0.25, 0.3) is 0 Å². The third-order valence-electron chi connectivity index (χ3n) is 4.00. The summed E-state index contributed by atoms with van der Waals surface area (Å²) in [7, 11) is 0. The maximum absolute atomic E-state index is 11.8. The van der Waals surface area contributed by atoms with Crippen molar-refractivity contribution in [3.8, 4) is 0 Å². The molecule has 1 nitrogen and oxygen atoms in total. The first kappa shape index (κ1) is 6.99. The van der Waals surface area contributed by atoms with Crippen molar-refractivity contribution < 1.29 is 4.79 Å². The van der Waals surface area contributed by atoms with Crippen molar-refractivity contribution in [1.82, 2.24) is 0 Å². The number of allylic oxidation sites excluding steroid dienone is 2. The molecule has 0 amide bonds. The summed E-state index contributed by atoms with van der Waals surface area (Å²) in [6, 6.07) is 8.45. The molecular weight excluding hydrogens is 172 g/mol. The Balaban J connectivity index is 2.00. The van der Waals surface area contributed by atoms with E-state index >= 15 is 0 Å². The highest BCUT2D eigenvalue weighted by Crippen LogP contribution is 2.69. The van der Waals surface area contributed by atoms with Crippen molar-refractivity contribution in [3.63, 3.8) is 0 Å². The summed E-state index contributed by atoms with van der Waals surface area (Å²) in [5.41, 5.74) is 2.73. The zero-order valence-electron chi connectivity index (χ0n) is 7.68. The lowest BCUT2D eigenvalue weighted by atomic mass is 9.86. The average Bonchev–Trinajstić information content (AvgIpc) is 2.81. The lowest BCUT2D eigenvalue weighted by Crippen LogP contribution is -2.15. The molecule has 1 aromatic carbocycles. The molecule has 1 saturated carbocycles. The summed E-state index contributed by atoms with van der Waals surface area (Å²) in [5.74, 6) is 2.47. The lowest BCUT2D eigenvalue weighted by molar-refractivity contribution is -0.116. The van der Waals surface area contributed by atoms with E-state index < -0.39 is 0 Å². The molecule has 0 aliphatic heterocycles. The Kier molecular flexibility index (Phi) is 0.999. The predicted molar refractivity (Wildman–Crippen MR) is 53.1 cm³/mol. The van der Waals surface area contributed by atoms with Gasteiger partial charge in [-0.15, -0.1) is 0 Å². The fraction of sp³-hybridized carbons (Fsp3) is 0.308. The van der Waals surface area contributed by atoms with Gasteiger partial charge in [-0.2, -0.15) is 0 Å². The average molecular weight is 182 g/mol. The number of fused-ring (bicyclic) bond motifs is 4. The standard InChI is InChI=1S/C13H10O/c14-10-6-5-9-11-7-3-1-2-4-8(7)12(10)13(9)11/h1-6,9,11-13H. The van der Waals surface area contributed by atoms with Crippen molar-refractivity contribution in [3.05, 3.63) is 47.5 Å². The summed E-state index contributed by atoms with van der Waals surface area (Å²) in [5, 5.41) is 0. The van der Waals surface area contributed by atoms with Gasteiger partial charge in [0, 0.05) is 0 Å². The number of carbonyl (C=O) groups is 1. The first-order valence-electron chi connectivity index (χ1n) is 5.19. The molecule has 0 radical (unpaired) electrons. The van der Waals surface area contributed by atoms with Crippen molar-refractivity contribution in [2.24, 2.45) is 11.8 Å². The largest absolute Gasteiger partial charge is 0.294 e. The highest BCUT2D eigenvalue weighted by molar-refractivity contribution is 5.99. The minimum absolute atomic E-state index is 0.200. The first-order chi connectivity index (χ1) is 6.88. The minimum Gasteiger partial charge on any atom is -0.294 e. The van der Waals surface area contributed by atoms with Crippen LogP contribution >= 0.6 is 0 Å². The number of carbonyl (C=O) groups excluding carboxylic acids is 1. The first-order valence-corrected chi connectivity index (χ1v) is 5.19. The van der Waals surface area contributed by atoms with E-state index in [1.54, 1.807) is 6.08 Å². The van der Waals surface area contributed by atoms with Crippen molar-refractivity contribution in [2.45, 2.75) is 11.8 Å². The van der Waals surface area contributed by atoms with Gasteiger partial charge in [0.1, 0.15) is 0 Å². The number of hydrogen-bond acceptors (Lipinski definition) is 1. The minimum atomic E-state index is 0.200. The molecule has 1 fully saturated rings. The van der Waals surface area contributed by atoms with E-state index in [0.29, 0.717) is 23.5 Å². The zero-order chi connectivity index (χ0) is 9.28. The molecule has 0 bridgehead atoms. The van der Waals surface area contributed by atoms with Gasteiger partial charge in [-0.3, -0.25) is 4.79 Å². The van der Waals surface area contributed by atoms with E-state index in [1.807, 2.05) is 6.07 Å². The van der Waals surface area contributed by atoms with Crippen molar-refractivity contribution in [1.29, 1.82) is 0 Å². The second-order valence-electron chi connectivity index (χ2n) is 4.55. The van der Waals surface area contributed by atoms with Crippen LogP contribution in [0.4, 0.5) is 0 Å². The van der Waals surface area contributed by atoms with E-state index in [9.17, 15) is 4.79 Å². The smallest absolute Gasteiger partial charge is 0.163 e. The zero-order valence-corrected chi connectivity index (χ0v) is 7.68. The number of rotatable bonds is 0. The Morgan fingerprint density at radius 1 is 1.07 bits per heavy atom. The molecule has 0 saturated heterocycles. The summed E-state index contributed by atoms with van der Waals surface area (Å²) >= 11 is 0. The van der Waals surface area contributed by atoms with Crippen LogP contribution in [0, 0.1) is 11.8 Å². The van der Waals surface area contributed by atoms with Crippen LogP contribution in [0.15, 0.2) is 36.4 Å². The summed E-state index contributed by atoms with van der Waals surface area (Å²) in [4.78, 5) is 11.8. The Morgan fingerprint density at radius 2 is 1.86 bits per heavy atom. The third kappa shape index (κ3) is 0.597. The fourth-order valence-electron chi connectivity index (χ4n) is 3.41. The Hall–Kier alpha value is -1.37. The molecule has 4 atom stereocenters. The molecule has 1 heteroatoms. The molecule has 1 aromatic rings. The van der Waals surface area contributed by atoms with Crippen LogP contribution in [0.3, 0.4) is 0 Å². The van der Waals surface area contributed by atoms with Crippen molar-refractivity contribution in [2.75, 3.05) is 0 Å². The molecule has 68 valence electrons. The number of hydrogen-bond donors (Lipinski definition) is 0. The molecule has 0 spiro atoms. The van der Waals surface area contributed by atoms with Gasteiger partial charge in [0.2, 0.25) is 0 Å². The van der Waals surface area contributed by atoms with Gasteiger partial charge in [-0.25, -0.2) is 0 Å². The van der Waals surface area contributed by atoms with Crippen LogP contribution in [-0.4, -0.2) is 5.78 Å². The molecule has 0 aromatic heterocycles. The Bertz CT molecular complexity index is 472. The number of benzene rings is 1. The second-order valence-corrected chi connectivity index (χ2v) is 4.55. The molecule has 4 unspecified atom stereocenters. The van der Waals surface area contributed by atoms with Gasteiger partial charge in [-0.1, -0.05) is 30.3 Å². The normalized spacial score (nSPS) is 40.7. The highest BCUT2D eigenvalue weighted by atomic mass is 16.1. The molecule has 0 N–H and O–H groups in total. The quantitative estimate of drug-likeness (QED) is 0.601. The third-order valence-corrected chi connectivity index (χ3v) is 4.00. The SMILES string of the molecule is O=C1C=CC2C3c4ccccc4C1C23. The van der Waals surface area contributed by atoms with E-state index in [4.69, 9.17) is 0 Å². The van der Waals surface area contributed by atoms with Gasteiger partial charge in [0.25, 0.3) is 0 Å². The summed E-state index contributed by atoms with van der Waals surface area (Å²) < 4.78 is 0. The van der Waals surface area contributed by atoms with Crippen molar-refractivity contribution >= 4 is 5.78 Å². The second kappa shape index (κ2) is 2.00. The molecule has 3 aliphatic rings. The maximum atomic E-state index is 11.8. The topological polar surface area (TPSA) is 17.1 Å². The van der Waals surface area contributed by atoms with Gasteiger partial charge in [0.05, 0.1) is 5.92 Å². The highest BCUT2D eigenvalue weighted by Gasteiger charge is 2.62. The molecule has 4 rings (SSSR count). The summed E-state index contributed by atoms with van der Waals surface area (Å²) in [6.07, 6.45) is 3.91. The Morgan fingerprint density at radius 3 is 2.71 bits per heavy atom. The van der Waals surface area contributed by atoms with E-state index in [-0.39, 0.29) is 5.92 Å². The van der Waals surface area contributed by atoms with Crippen LogP contribution < -0.4 is 0 Å². The van der Waals surface area contributed by atoms with Crippen LogP contribution in [0.1, 0.15) is 23.0 Å². The number of ketones is 1. The maximum Gasteiger partial charge on any atom is 0.163 e. The monoisotopic (exact) mass is 182 g/mol. The van der Waals surface area contributed by atoms with E-state index in [0.717, 1.165) is 0 Å². The van der Waals surface area contributed by atoms with E-state index in [2.05, 4.69) is 24.3 Å². The van der Waals surface area contributed by atoms with Crippen LogP contribution in [0.5, 0.6) is 0 Å². The predicted octanol–water partition coefficient (Wildman–Crippen LogP) is 2.25. The summed E-state index contributed by atoms with van der Waals surface area (Å²) in [6.45, 7) is 0. The van der Waals surface area contributed by atoms with E-state index in [1.165, 1.54) is 11.1 Å². The van der Waals surface area contributed by atoms with Crippen LogP contribution in [0.2, 0.25) is 0 Å². The van der Waals surface area contributed by atoms with Gasteiger partial charge < -0.3 is 0 Å². The van der Waals surface area contributed by atoms with Gasteiger partial charge >= 0.3 is 0 Å². The van der Waals surface area contributed by atoms with Gasteiger partial charge in [-0.05, 0) is 35.0 Å². The lowest BCUT2D eigenvalue weighted by Gasteiger charge is -2.16. The molecule has 3 aliphatic carbocycles. The molecule has 14 heavy (non-hydrogen) atoms. The molecule has 0 heterocycles. The molecular formula is C13H10O. The van der Waals surface area contributed by atoms with Crippen LogP contribution in [-0.2, 0) is 4.79 Å². The van der Waals surface area contributed by atoms with Gasteiger partial charge in [0.15, 0.2) is 5.78 Å². The Labute approximate surface area is 82.4 Å².